The Morgan fingerprint density at radius 1 is 1.10 bits per heavy atom. The van der Waals surface area contributed by atoms with Crippen LogP contribution in [0.1, 0.15) is 18.5 Å². The smallest absolute Gasteiger partial charge is 0.229 e. The molecule has 1 aliphatic rings. The lowest BCUT2D eigenvalue weighted by atomic mass is 9.99. The number of morpholine rings is 1. The summed E-state index contributed by atoms with van der Waals surface area (Å²) in [5.74, 6) is -0.0740. The predicted octanol–water partition coefficient (Wildman–Crippen LogP) is 2.23. The Hall–Kier alpha value is -2.42. The minimum absolute atomic E-state index is 0.0740. The molecule has 1 heterocycles. The molecule has 0 saturated carbocycles. The molecule has 0 aromatic heterocycles. The first kappa shape index (κ1) is 21.3. The summed E-state index contributed by atoms with van der Waals surface area (Å²) in [4.78, 5) is 14.0. The summed E-state index contributed by atoms with van der Waals surface area (Å²) in [5, 5.41) is 3.03. The molecule has 3 rings (SSSR count). The van der Waals surface area contributed by atoms with Crippen molar-refractivity contribution in [2.75, 3.05) is 43.8 Å². The van der Waals surface area contributed by atoms with Crippen molar-refractivity contribution < 1.29 is 17.9 Å². The second-order valence-electron chi connectivity index (χ2n) is 7.21. The van der Waals surface area contributed by atoms with Gasteiger partial charge in [-0.25, -0.2) is 8.42 Å². The monoisotopic (exact) mass is 417 g/mol. The van der Waals surface area contributed by atoms with Crippen LogP contribution in [0.4, 0.5) is 5.69 Å². The van der Waals surface area contributed by atoms with Gasteiger partial charge in [0.2, 0.25) is 15.9 Å². The first-order chi connectivity index (χ1) is 13.8. The van der Waals surface area contributed by atoms with Gasteiger partial charge in [0.25, 0.3) is 0 Å². The molecule has 2 aromatic rings. The molecule has 0 aliphatic carbocycles. The average Bonchev–Trinajstić information content (AvgIpc) is 2.67. The van der Waals surface area contributed by atoms with E-state index in [1.54, 1.807) is 12.1 Å². The standard InChI is InChI=1S/C21H27N3O4S/c1-16(25)22-21(15-24-11-13-28-14-12-24)18-9-7-17(8-10-18)19-5-3-4-6-20(19)23-29(2,26)27/h3-10,21,23H,11-15H2,1-2H3,(H,22,25). The molecule has 1 fully saturated rings. The van der Waals surface area contributed by atoms with Crippen molar-refractivity contribution >= 4 is 21.6 Å². The van der Waals surface area contributed by atoms with Crippen LogP contribution in [0, 0.1) is 0 Å². The molecule has 8 heteroatoms. The van der Waals surface area contributed by atoms with Gasteiger partial charge in [0, 0.05) is 32.1 Å². The second kappa shape index (κ2) is 9.39. The van der Waals surface area contributed by atoms with Crippen LogP contribution in [0.15, 0.2) is 48.5 Å². The summed E-state index contributed by atoms with van der Waals surface area (Å²) in [6.07, 6.45) is 1.14. The Balaban J connectivity index is 1.83. The van der Waals surface area contributed by atoms with Gasteiger partial charge in [0.05, 0.1) is 31.2 Å². The van der Waals surface area contributed by atoms with E-state index >= 15 is 0 Å². The van der Waals surface area contributed by atoms with E-state index in [4.69, 9.17) is 4.74 Å². The number of ether oxygens (including phenoxy) is 1. The van der Waals surface area contributed by atoms with Gasteiger partial charge in [0.1, 0.15) is 0 Å². The maximum Gasteiger partial charge on any atom is 0.229 e. The van der Waals surface area contributed by atoms with Gasteiger partial charge in [-0.15, -0.1) is 0 Å². The molecule has 1 amide bonds. The number of carbonyl (C=O) groups excluding carboxylic acids is 1. The molecule has 0 radical (unpaired) electrons. The quantitative estimate of drug-likeness (QED) is 0.721. The fraction of sp³-hybridized carbons (Fsp3) is 0.381. The fourth-order valence-electron chi connectivity index (χ4n) is 3.44. The Bertz CT molecular complexity index is 939. The lowest BCUT2D eigenvalue weighted by molar-refractivity contribution is -0.119. The molecule has 2 aromatic carbocycles. The highest BCUT2D eigenvalue weighted by Gasteiger charge is 2.19. The normalized spacial score (nSPS) is 16.2. The van der Waals surface area contributed by atoms with Crippen molar-refractivity contribution in [2.45, 2.75) is 13.0 Å². The highest BCUT2D eigenvalue weighted by Crippen LogP contribution is 2.29. The van der Waals surface area contributed by atoms with E-state index in [9.17, 15) is 13.2 Å². The number of para-hydroxylation sites is 1. The lowest BCUT2D eigenvalue weighted by Crippen LogP contribution is -2.42. The second-order valence-corrected chi connectivity index (χ2v) is 8.96. The van der Waals surface area contributed by atoms with Gasteiger partial charge < -0.3 is 10.1 Å². The summed E-state index contributed by atoms with van der Waals surface area (Å²) >= 11 is 0. The summed E-state index contributed by atoms with van der Waals surface area (Å²) in [7, 11) is -3.37. The third-order valence-electron chi connectivity index (χ3n) is 4.77. The first-order valence-electron chi connectivity index (χ1n) is 9.56. The van der Waals surface area contributed by atoms with E-state index in [1.807, 2.05) is 36.4 Å². The number of nitrogens with one attached hydrogen (secondary N) is 2. The number of amides is 1. The molecule has 1 aliphatic heterocycles. The molecule has 7 nitrogen and oxygen atoms in total. The topological polar surface area (TPSA) is 87.7 Å². The third-order valence-corrected chi connectivity index (χ3v) is 5.36. The van der Waals surface area contributed by atoms with Gasteiger partial charge >= 0.3 is 0 Å². The van der Waals surface area contributed by atoms with Crippen molar-refractivity contribution in [3.63, 3.8) is 0 Å². The average molecular weight is 418 g/mol. The van der Waals surface area contributed by atoms with Crippen LogP contribution in [0.5, 0.6) is 0 Å². The number of sulfonamides is 1. The summed E-state index contributed by atoms with van der Waals surface area (Å²) in [6.45, 7) is 5.34. The van der Waals surface area contributed by atoms with Crippen LogP contribution in [0.2, 0.25) is 0 Å². The maximum absolute atomic E-state index is 11.7. The van der Waals surface area contributed by atoms with Gasteiger partial charge in [-0.3, -0.25) is 14.4 Å². The van der Waals surface area contributed by atoms with E-state index in [-0.39, 0.29) is 11.9 Å². The van der Waals surface area contributed by atoms with Crippen molar-refractivity contribution in [1.29, 1.82) is 0 Å². The molecule has 1 saturated heterocycles. The van der Waals surface area contributed by atoms with E-state index in [2.05, 4.69) is 14.9 Å². The van der Waals surface area contributed by atoms with Crippen molar-refractivity contribution in [2.24, 2.45) is 0 Å². The zero-order chi connectivity index (χ0) is 20.9. The molecule has 2 N–H and O–H groups in total. The van der Waals surface area contributed by atoms with E-state index < -0.39 is 10.0 Å². The Morgan fingerprint density at radius 3 is 2.38 bits per heavy atom. The van der Waals surface area contributed by atoms with E-state index in [1.165, 1.54) is 6.92 Å². The lowest BCUT2D eigenvalue weighted by Gasteiger charge is -2.31. The van der Waals surface area contributed by atoms with E-state index in [0.29, 0.717) is 25.4 Å². The number of hydrogen-bond donors (Lipinski definition) is 2. The van der Waals surface area contributed by atoms with Gasteiger partial charge in [-0.1, -0.05) is 42.5 Å². The molecule has 156 valence electrons. The van der Waals surface area contributed by atoms with Crippen LogP contribution in [0.25, 0.3) is 11.1 Å². The van der Waals surface area contributed by atoms with Gasteiger partial charge in [0.15, 0.2) is 0 Å². The molecular weight excluding hydrogens is 390 g/mol. The number of carbonyl (C=O) groups is 1. The molecule has 1 atom stereocenters. The van der Waals surface area contributed by atoms with Crippen LogP contribution < -0.4 is 10.0 Å². The van der Waals surface area contributed by atoms with Crippen LogP contribution in [-0.4, -0.2) is 58.3 Å². The molecular formula is C21H27N3O4S. The Labute approximate surface area is 172 Å². The van der Waals surface area contributed by atoms with Crippen molar-refractivity contribution in [3.05, 3.63) is 54.1 Å². The zero-order valence-electron chi connectivity index (χ0n) is 16.7. The minimum Gasteiger partial charge on any atom is -0.379 e. The van der Waals surface area contributed by atoms with Crippen LogP contribution >= 0.6 is 0 Å². The number of rotatable bonds is 7. The number of benzene rings is 2. The van der Waals surface area contributed by atoms with Gasteiger partial charge in [-0.05, 0) is 17.2 Å². The predicted molar refractivity (Wildman–Crippen MR) is 114 cm³/mol. The number of hydrogen-bond acceptors (Lipinski definition) is 5. The van der Waals surface area contributed by atoms with E-state index in [0.717, 1.165) is 36.0 Å². The zero-order valence-corrected chi connectivity index (χ0v) is 17.5. The Kier molecular flexibility index (Phi) is 6.89. The molecule has 1 unspecified atom stereocenters. The SMILES string of the molecule is CC(=O)NC(CN1CCOCC1)c1ccc(-c2ccccc2NS(C)(=O)=O)cc1. The van der Waals surface area contributed by atoms with Gasteiger partial charge in [-0.2, -0.15) is 0 Å². The fourth-order valence-corrected chi connectivity index (χ4v) is 4.02. The Morgan fingerprint density at radius 2 is 1.76 bits per heavy atom. The van der Waals surface area contributed by atoms with Crippen molar-refractivity contribution in [1.82, 2.24) is 10.2 Å². The first-order valence-corrected chi connectivity index (χ1v) is 11.5. The summed E-state index contributed by atoms with van der Waals surface area (Å²) < 4.78 is 31.3. The summed E-state index contributed by atoms with van der Waals surface area (Å²) in [5.41, 5.74) is 3.24. The van der Waals surface area contributed by atoms with Crippen molar-refractivity contribution in [3.8, 4) is 11.1 Å². The maximum atomic E-state index is 11.7. The highest BCUT2D eigenvalue weighted by molar-refractivity contribution is 7.92. The largest absolute Gasteiger partial charge is 0.379 e. The molecule has 0 bridgehead atoms. The minimum atomic E-state index is -3.37. The van der Waals surface area contributed by atoms with Crippen LogP contribution in [0.3, 0.4) is 0 Å². The summed E-state index contributed by atoms with van der Waals surface area (Å²) in [6, 6.07) is 15.0. The number of nitrogens with zero attached hydrogens (tertiary/aromatic N) is 1. The molecule has 29 heavy (non-hydrogen) atoms. The van der Waals surface area contributed by atoms with Crippen LogP contribution in [-0.2, 0) is 19.6 Å². The highest BCUT2D eigenvalue weighted by atomic mass is 32.2. The number of anilines is 1. The third kappa shape index (κ3) is 6.28. The molecule has 0 spiro atoms.